The summed E-state index contributed by atoms with van der Waals surface area (Å²) in [5.41, 5.74) is 5.35. The van der Waals surface area contributed by atoms with E-state index in [2.05, 4.69) is 22.8 Å². The number of carbonyl (C=O) groups excluding carboxylic acids is 2. The van der Waals surface area contributed by atoms with E-state index in [1.165, 1.54) is 0 Å². The molecule has 0 radical (unpaired) electrons. The molecule has 5 rings (SSSR count). The topological polar surface area (TPSA) is 114 Å². The van der Waals surface area contributed by atoms with Gasteiger partial charge in [0, 0.05) is 12.5 Å². The number of carboxylic acid groups (broad SMARTS) is 1. The molecule has 3 N–H and O–H groups in total. The molecule has 2 aliphatic carbocycles. The first kappa shape index (κ1) is 28.4. The van der Waals surface area contributed by atoms with Crippen LogP contribution in [0.4, 0.5) is 4.79 Å². The Labute approximate surface area is 240 Å². The lowest BCUT2D eigenvalue weighted by Crippen LogP contribution is -2.54. The van der Waals surface area contributed by atoms with E-state index < -0.39 is 36.0 Å². The molecule has 214 valence electrons. The maximum Gasteiger partial charge on any atom is 0.407 e. The second-order valence-electron chi connectivity index (χ2n) is 10.9. The van der Waals surface area contributed by atoms with E-state index >= 15 is 0 Å². The molecule has 3 atom stereocenters. The Morgan fingerprint density at radius 2 is 1.51 bits per heavy atom. The van der Waals surface area contributed by atoms with Crippen LogP contribution in [0.3, 0.4) is 0 Å². The molecule has 1 fully saturated rings. The normalized spacial score (nSPS) is 16.1. The monoisotopic (exact) mass is 556 g/mol. The van der Waals surface area contributed by atoms with Crippen LogP contribution >= 0.6 is 0 Å². The molecular formula is C33H36N2O6. The van der Waals surface area contributed by atoms with E-state index in [0.717, 1.165) is 40.7 Å². The van der Waals surface area contributed by atoms with Crippen molar-refractivity contribution in [2.45, 2.75) is 50.9 Å². The first-order valence-electron chi connectivity index (χ1n) is 14.2. The van der Waals surface area contributed by atoms with Gasteiger partial charge in [-0.2, -0.15) is 0 Å². The Morgan fingerprint density at radius 1 is 0.902 bits per heavy atom. The van der Waals surface area contributed by atoms with Gasteiger partial charge in [0.15, 0.2) is 0 Å². The lowest BCUT2D eigenvalue weighted by Gasteiger charge is -2.25. The summed E-state index contributed by atoms with van der Waals surface area (Å²) in [6, 6.07) is 24.6. The van der Waals surface area contributed by atoms with Crippen LogP contribution in [-0.2, 0) is 25.7 Å². The fraction of sp³-hybridized carbons (Fsp3) is 0.364. The van der Waals surface area contributed by atoms with Crippen molar-refractivity contribution in [1.29, 1.82) is 0 Å². The van der Waals surface area contributed by atoms with Crippen molar-refractivity contribution in [3.63, 3.8) is 0 Å². The van der Waals surface area contributed by atoms with Gasteiger partial charge in [-0.15, -0.1) is 0 Å². The summed E-state index contributed by atoms with van der Waals surface area (Å²) in [4.78, 5) is 38.1. The van der Waals surface area contributed by atoms with Gasteiger partial charge in [0.05, 0.1) is 18.6 Å². The van der Waals surface area contributed by atoms with Crippen LogP contribution in [0.5, 0.6) is 0 Å². The summed E-state index contributed by atoms with van der Waals surface area (Å²) in [5, 5.41) is 15.0. The summed E-state index contributed by atoms with van der Waals surface area (Å²) < 4.78 is 11.6. The molecule has 2 aliphatic rings. The first-order valence-corrected chi connectivity index (χ1v) is 14.2. The second kappa shape index (κ2) is 13.0. The molecule has 1 unspecified atom stereocenters. The average molecular weight is 557 g/mol. The number of ether oxygens (including phenoxy) is 2. The molecule has 3 aromatic rings. The number of benzene rings is 3. The first-order chi connectivity index (χ1) is 19.9. The summed E-state index contributed by atoms with van der Waals surface area (Å²) in [5.74, 6) is -1.85. The standard InChI is InChI=1S/C33H36N2O6/c1-21(40-19-23-9-3-2-4-10-23)30(31(36)34-18-24(32(37)38)17-22-15-16-22)35-33(39)41-20-29-27-13-7-5-11-25(27)26-12-6-8-14-28(26)29/h2-14,21-22,24,29-30H,15-20H2,1H3,(H,34,36)(H,35,39)(H,37,38)/t21-,24?,30+/m0/s1. The van der Waals surface area contributed by atoms with Crippen molar-refractivity contribution in [2.24, 2.45) is 11.8 Å². The molecule has 0 bridgehead atoms. The van der Waals surface area contributed by atoms with Crippen LogP contribution in [0, 0.1) is 11.8 Å². The zero-order valence-corrected chi connectivity index (χ0v) is 23.1. The minimum absolute atomic E-state index is 0.0149. The van der Waals surface area contributed by atoms with E-state index in [4.69, 9.17) is 9.47 Å². The quantitative estimate of drug-likeness (QED) is 0.269. The van der Waals surface area contributed by atoms with Gasteiger partial charge in [-0.25, -0.2) is 4.79 Å². The third-order valence-electron chi connectivity index (χ3n) is 7.91. The molecule has 2 amide bonds. The molecule has 1 saturated carbocycles. The fourth-order valence-corrected chi connectivity index (χ4v) is 5.42. The molecule has 3 aromatic carbocycles. The highest BCUT2D eigenvalue weighted by Gasteiger charge is 2.33. The average Bonchev–Trinajstić information content (AvgIpc) is 3.76. The third-order valence-corrected chi connectivity index (χ3v) is 7.91. The minimum Gasteiger partial charge on any atom is -0.481 e. The Hall–Kier alpha value is -4.17. The zero-order chi connectivity index (χ0) is 28.8. The van der Waals surface area contributed by atoms with Crippen molar-refractivity contribution in [2.75, 3.05) is 13.2 Å². The van der Waals surface area contributed by atoms with Crippen LogP contribution in [0.25, 0.3) is 11.1 Å². The van der Waals surface area contributed by atoms with E-state index in [0.29, 0.717) is 12.3 Å². The Kier molecular flexibility index (Phi) is 8.99. The zero-order valence-electron chi connectivity index (χ0n) is 23.1. The molecule has 0 aromatic heterocycles. The van der Waals surface area contributed by atoms with Gasteiger partial charge in [-0.3, -0.25) is 9.59 Å². The van der Waals surface area contributed by atoms with E-state index in [1.54, 1.807) is 6.92 Å². The SMILES string of the molecule is C[C@H](OCc1ccccc1)[C@@H](NC(=O)OCC1c2ccccc2-c2ccccc21)C(=O)NCC(CC1CC1)C(=O)O. The lowest BCUT2D eigenvalue weighted by atomic mass is 9.98. The summed E-state index contributed by atoms with van der Waals surface area (Å²) in [7, 11) is 0. The summed E-state index contributed by atoms with van der Waals surface area (Å²) >= 11 is 0. The molecule has 0 spiro atoms. The molecule has 41 heavy (non-hydrogen) atoms. The number of nitrogens with one attached hydrogen (secondary N) is 2. The van der Waals surface area contributed by atoms with Gasteiger partial charge >= 0.3 is 12.1 Å². The van der Waals surface area contributed by atoms with Crippen molar-refractivity contribution >= 4 is 18.0 Å². The number of carboxylic acids is 1. The van der Waals surface area contributed by atoms with Gasteiger partial charge in [0.1, 0.15) is 12.6 Å². The van der Waals surface area contributed by atoms with E-state index in [-0.39, 0.29) is 25.7 Å². The molecule has 0 heterocycles. The van der Waals surface area contributed by atoms with Gasteiger partial charge in [-0.1, -0.05) is 91.7 Å². The van der Waals surface area contributed by atoms with Crippen molar-refractivity contribution in [3.05, 3.63) is 95.6 Å². The second-order valence-corrected chi connectivity index (χ2v) is 10.9. The van der Waals surface area contributed by atoms with Gasteiger partial charge in [0.25, 0.3) is 0 Å². The van der Waals surface area contributed by atoms with Crippen LogP contribution in [-0.4, -0.2) is 48.4 Å². The predicted molar refractivity (Wildman–Crippen MR) is 154 cm³/mol. The number of rotatable bonds is 13. The fourth-order valence-electron chi connectivity index (χ4n) is 5.42. The number of aliphatic carboxylic acids is 1. The largest absolute Gasteiger partial charge is 0.481 e. The highest BCUT2D eigenvalue weighted by Crippen LogP contribution is 2.44. The summed E-state index contributed by atoms with van der Waals surface area (Å²) in [6.07, 6.45) is 1.12. The third kappa shape index (κ3) is 7.13. The number of fused-ring (bicyclic) bond motifs is 3. The van der Waals surface area contributed by atoms with Crippen LogP contribution < -0.4 is 10.6 Å². The molecule has 8 heteroatoms. The number of carbonyl (C=O) groups is 3. The van der Waals surface area contributed by atoms with Crippen LogP contribution in [0.15, 0.2) is 78.9 Å². The van der Waals surface area contributed by atoms with Crippen molar-refractivity contribution < 1.29 is 29.0 Å². The number of amides is 2. The number of hydrogen-bond donors (Lipinski definition) is 3. The Bertz CT molecular complexity index is 1330. The Balaban J connectivity index is 1.24. The molecule has 8 nitrogen and oxygen atoms in total. The maximum absolute atomic E-state index is 13.3. The maximum atomic E-state index is 13.3. The minimum atomic E-state index is -1.08. The van der Waals surface area contributed by atoms with Crippen molar-refractivity contribution in [1.82, 2.24) is 10.6 Å². The van der Waals surface area contributed by atoms with E-state index in [1.807, 2.05) is 66.7 Å². The Morgan fingerprint density at radius 3 is 2.12 bits per heavy atom. The summed E-state index contributed by atoms with van der Waals surface area (Å²) in [6.45, 7) is 2.04. The van der Waals surface area contributed by atoms with Crippen LogP contribution in [0.1, 0.15) is 48.8 Å². The number of hydrogen-bond acceptors (Lipinski definition) is 5. The van der Waals surface area contributed by atoms with Crippen molar-refractivity contribution in [3.8, 4) is 11.1 Å². The smallest absolute Gasteiger partial charge is 0.407 e. The highest BCUT2D eigenvalue weighted by atomic mass is 16.5. The molecule has 0 saturated heterocycles. The van der Waals surface area contributed by atoms with Gasteiger partial charge in [0.2, 0.25) is 5.91 Å². The van der Waals surface area contributed by atoms with Gasteiger partial charge in [-0.05, 0) is 47.1 Å². The molecule has 0 aliphatic heterocycles. The van der Waals surface area contributed by atoms with E-state index in [9.17, 15) is 19.5 Å². The lowest BCUT2D eigenvalue weighted by molar-refractivity contribution is -0.142. The number of alkyl carbamates (subject to hydrolysis) is 1. The predicted octanol–water partition coefficient (Wildman–Crippen LogP) is 5.12. The highest BCUT2D eigenvalue weighted by molar-refractivity contribution is 5.86. The van der Waals surface area contributed by atoms with Gasteiger partial charge < -0.3 is 25.2 Å². The molecular weight excluding hydrogens is 520 g/mol. The van der Waals surface area contributed by atoms with Crippen LogP contribution in [0.2, 0.25) is 0 Å².